The van der Waals surface area contributed by atoms with Gasteiger partial charge >= 0.3 is 5.97 Å². The molecule has 178 valence electrons. The van der Waals surface area contributed by atoms with Gasteiger partial charge in [-0.05, 0) is 42.9 Å². The van der Waals surface area contributed by atoms with Crippen LogP contribution in [0, 0.1) is 0 Å². The second-order valence-electron chi connectivity index (χ2n) is 8.33. The molecule has 4 rings (SSSR count). The van der Waals surface area contributed by atoms with Crippen LogP contribution in [0.4, 0.5) is 0 Å². The number of carbonyl (C=O) groups excluding carboxylic acids is 1. The quantitative estimate of drug-likeness (QED) is 0.398. The zero-order valence-electron chi connectivity index (χ0n) is 18.7. The molecule has 1 heterocycles. The van der Waals surface area contributed by atoms with Crippen molar-refractivity contribution in [1.29, 1.82) is 0 Å². The standard InChI is InChI=1S/C25H27ClN4O4/c26-24-20(22-16-30(29-28-22)12-5-13-34-19-8-3-9-19)10-4-11-21(24)25(33)27-15-18-7-2-1-6-17(18)14-23(31)32/h1-2,4,6-7,10-11,16,19H,3,5,8-9,12-15H2,(H,27,33)(H,31,32). The van der Waals surface area contributed by atoms with Crippen LogP contribution in [0.2, 0.25) is 5.02 Å². The molecule has 2 N–H and O–H groups in total. The van der Waals surface area contributed by atoms with Crippen molar-refractivity contribution in [2.24, 2.45) is 0 Å². The van der Waals surface area contributed by atoms with Gasteiger partial charge in [-0.1, -0.05) is 53.2 Å². The van der Waals surface area contributed by atoms with Crippen molar-refractivity contribution in [3.05, 3.63) is 70.4 Å². The van der Waals surface area contributed by atoms with Crippen molar-refractivity contribution in [3.63, 3.8) is 0 Å². The molecule has 2 aromatic carbocycles. The molecule has 8 nitrogen and oxygen atoms in total. The number of aryl methyl sites for hydroxylation is 1. The third-order valence-corrected chi connectivity index (χ3v) is 6.30. The Kier molecular flexibility index (Phi) is 7.92. The number of hydrogen-bond donors (Lipinski definition) is 2. The molecule has 0 radical (unpaired) electrons. The molecule has 9 heteroatoms. The fourth-order valence-corrected chi connectivity index (χ4v) is 4.09. The van der Waals surface area contributed by atoms with Gasteiger partial charge in [0.1, 0.15) is 5.69 Å². The van der Waals surface area contributed by atoms with E-state index in [4.69, 9.17) is 21.4 Å². The number of benzene rings is 2. The average molecular weight is 483 g/mol. The second-order valence-corrected chi connectivity index (χ2v) is 8.71. The van der Waals surface area contributed by atoms with Gasteiger partial charge in [-0.15, -0.1) is 5.10 Å². The fraction of sp³-hybridized carbons (Fsp3) is 0.360. The number of nitrogens with zero attached hydrogens (tertiary/aromatic N) is 3. The van der Waals surface area contributed by atoms with Crippen LogP contribution in [-0.4, -0.2) is 44.7 Å². The lowest BCUT2D eigenvalue weighted by Crippen LogP contribution is -2.24. The first kappa shape index (κ1) is 23.9. The number of aliphatic carboxylic acids is 1. The number of carboxylic acids is 1. The van der Waals surface area contributed by atoms with Crippen molar-refractivity contribution in [1.82, 2.24) is 20.3 Å². The number of halogens is 1. The molecule has 0 aliphatic heterocycles. The first-order valence-electron chi connectivity index (χ1n) is 11.4. The fourth-order valence-electron chi connectivity index (χ4n) is 3.79. The smallest absolute Gasteiger partial charge is 0.307 e. The van der Waals surface area contributed by atoms with Crippen LogP contribution < -0.4 is 5.32 Å². The molecule has 1 saturated carbocycles. The molecule has 1 aromatic heterocycles. The van der Waals surface area contributed by atoms with Crippen molar-refractivity contribution in [3.8, 4) is 11.3 Å². The van der Waals surface area contributed by atoms with Gasteiger partial charge in [-0.2, -0.15) is 0 Å². The molecule has 1 amide bonds. The summed E-state index contributed by atoms with van der Waals surface area (Å²) in [6.07, 6.45) is 6.55. The largest absolute Gasteiger partial charge is 0.481 e. The Bertz CT molecular complexity index is 1160. The Morgan fingerprint density at radius 2 is 1.94 bits per heavy atom. The highest BCUT2D eigenvalue weighted by Crippen LogP contribution is 2.29. The van der Waals surface area contributed by atoms with Crippen LogP contribution in [0.5, 0.6) is 0 Å². The van der Waals surface area contributed by atoms with E-state index in [9.17, 15) is 9.59 Å². The molecule has 1 aliphatic carbocycles. The van der Waals surface area contributed by atoms with Gasteiger partial charge in [0.2, 0.25) is 0 Å². The minimum Gasteiger partial charge on any atom is -0.481 e. The van der Waals surface area contributed by atoms with Crippen molar-refractivity contribution in [2.75, 3.05) is 6.61 Å². The van der Waals surface area contributed by atoms with E-state index in [2.05, 4.69) is 15.6 Å². The van der Waals surface area contributed by atoms with Gasteiger partial charge in [-0.3, -0.25) is 14.3 Å². The van der Waals surface area contributed by atoms with Gasteiger partial charge < -0.3 is 15.2 Å². The summed E-state index contributed by atoms with van der Waals surface area (Å²) in [5.74, 6) is -1.27. The van der Waals surface area contributed by atoms with Crippen molar-refractivity contribution in [2.45, 2.75) is 51.3 Å². The predicted octanol–water partition coefficient (Wildman–Crippen LogP) is 4.11. The molecule has 0 unspecified atom stereocenters. The van der Waals surface area contributed by atoms with E-state index in [-0.39, 0.29) is 18.9 Å². The molecule has 3 aromatic rings. The van der Waals surface area contributed by atoms with Gasteiger partial charge in [0.05, 0.1) is 29.3 Å². The number of hydrogen-bond acceptors (Lipinski definition) is 5. The molecule has 1 aliphatic rings. The highest BCUT2D eigenvalue weighted by atomic mass is 35.5. The summed E-state index contributed by atoms with van der Waals surface area (Å²) < 4.78 is 7.53. The monoisotopic (exact) mass is 482 g/mol. The van der Waals surface area contributed by atoms with Gasteiger partial charge in [0.25, 0.3) is 5.91 Å². The third-order valence-electron chi connectivity index (χ3n) is 5.89. The molecule has 0 bridgehead atoms. The van der Waals surface area contributed by atoms with Crippen LogP contribution >= 0.6 is 11.6 Å². The maximum absolute atomic E-state index is 12.9. The van der Waals surface area contributed by atoms with Gasteiger partial charge in [-0.25, -0.2) is 0 Å². The van der Waals surface area contributed by atoms with Crippen LogP contribution in [0.15, 0.2) is 48.7 Å². The highest BCUT2D eigenvalue weighted by Gasteiger charge is 2.18. The Morgan fingerprint density at radius 3 is 2.68 bits per heavy atom. The topological polar surface area (TPSA) is 106 Å². The van der Waals surface area contributed by atoms with Gasteiger partial charge in [0.15, 0.2) is 0 Å². The van der Waals surface area contributed by atoms with Crippen LogP contribution in [0.3, 0.4) is 0 Å². The first-order valence-corrected chi connectivity index (χ1v) is 11.8. The lowest BCUT2D eigenvalue weighted by Gasteiger charge is -2.25. The zero-order chi connectivity index (χ0) is 23.9. The third kappa shape index (κ3) is 6.01. The average Bonchev–Trinajstić information content (AvgIpc) is 3.25. The molecule has 0 spiro atoms. The normalized spacial score (nSPS) is 13.4. The number of carboxylic acid groups (broad SMARTS) is 1. The van der Waals surface area contributed by atoms with Crippen molar-refractivity contribution < 1.29 is 19.4 Å². The summed E-state index contributed by atoms with van der Waals surface area (Å²) >= 11 is 6.58. The van der Waals surface area contributed by atoms with E-state index in [1.165, 1.54) is 6.42 Å². The number of rotatable bonds is 11. The number of aromatic nitrogens is 3. The molecule has 0 atom stereocenters. The van der Waals surface area contributed by atoms with Crippen molar-refractivity contribution >= 4 is 23.5 Å². The summed E-state index contributed by atoms with van der Waals surface area (Å²) in [5, 5.41) is 20.6. The minimum atomic E-state index is -0.923. The Balaban J connectivity index is 1.38. The van der Waals surface area contributed by atoms with E-state index in [1.54, 1.807) is 41.1 Å². The van der Waals surface area contributed by atoms with E-state index in [0.717, 1.165) is 24.8 Å². The van der Waals surface area contributed by atoms with Crippen LogP contribution in [0.25, 0.3) is 11.3 Å². The lowest BCUT2D eigenvalue weighted by atomic mass is 9.96. The summed E-state index contributed by atoms with van der Waals surface area (Å²) in [7, 11) is 0. The Labute approximate surface area is 202 Å². The minimum absolute atomic E-state index is 0.106. The molecular weight excluding hydrogens is 456 g/mol. The van der Waals surface area contributed by atoms with Crippen LogP contribution in [-0.2, 0) is 29.0 Å². The highest BCUT2D eigenvalue weighted by molar-refractivity contribution is 6.36. The maximum Gasteiger partial charge on any atom is 0.307 e. The number of carbonyl (C=O) groups is 2. The van der Waals surface area contributed by atoms with E-state index >= 15 is 0 Å². The number of amides is 1. The number of nitrogens with one attached hydrogen (secondary N) is 1. The lowest BCUT2D eigenvalue weighted by molar-refractivity contribution is -0.136. The Hall–Kier alpha value is -3.23. The number of ether oxygens (including phenoxy) is 1. The SMILES string of the molecule is O=C(O)Cc1ccccc1CNC(=O)c1cccc(-c2cn(CCCOC3CCC3)nn2)c1Cl. The second kappa shape index (κ2) is 11.3. The van der Waals surface area contributed by atoms with E-state index in [1.807, 2.05) is 12.3 Å². The van der Waals surface area contributed by atoms with E-state index in [0.29, 0.717) is 46.7 Å². The predicted molar refractivity (Wildman–Crippen MR) is 128 cm³/mol. The van der Waals surface area contributed by atoms with Crippen LogP contribution in [0.1, 0.15) is 47.2 Å². The summed E-state index contributed by atoms with van der Waals surface area (Å²) in [5.41, 5.74) is 2.93. The Morgan fingerprint density at radius 1 is 1.15 bits per heavy atom. The molecule has 1 fully saturated rings. The first-order chi connectivity index (χ1) is 16.5. The zero-order valence-corrected chi connectivity index (χ0v) is 19.5. The summed E-state index contributed by atoms with van der Waals surface area (Å²) in [6, 6.07) is 12.3. The van der Waals surface area contributed by atoms with Gasteiger partial charge in [0, 0.05) is 25.3 Å². The molecular formula is C25H27ClN4O4. The maximum atomic E-state index is 12.9. The molecule has 34 heavy (non-hydrogen) atoms. The molecule has 0 saturated heterocycles. The summed E-state index contributed by atoms with van der Waals surface area (Å²) in [6.45, 7) is 1.58. The summed E-state index contributed by atoms with van der Waals surface area (Å²) in [4.78, 5) is 23.9. The van der Waals surface area contributed by atoms with E-state index < -0.39 is 5.97 Å².